The first kappa shape index (κ1) is 10.8. The quantitative estimate of drug-likeness (QED) is 0.724. The average molecular weight is 192 g/mol. The van der Waals surface area contributed by atoms with E-state index in [-0.39, 0.29) is 12.7 Å². The van der Waals surface area contributed by atoms with Crippen molar-refractivity contribution in [3.8, 4) is 5.75 Å². The molecule has 76 valence electrons. The molecule has 1 unspecified atom stereocenters. The monoisotopic (exact) mass is 192 g/mol. The summed E-state index contributed by atoms with van der Waals surface area (Å²) in [6.07, 6.45) is 2.26. The predicted molar refractivity (Wildman–Crippen MR) is 57.5 cm³/mol. The molecule has 0 saturated heterocycles. The van der Waals surface area contributed by atoms with Gasteiger partial charge in [0, 0.05) is 0 Å². The molecule has 0 aromatic heterocycles. The number of aryl methyl sites for hydroxylation is 1. The van der Waals surface area contributed by atoms with Crippen LogP contribution in [0.15, 0.2) is 36.9 Å². The smallest absolute Gasteiger partial charge is 0.140 e. The van der Waals surface area contributed by atoms with Crippen molar-refractivity contribution in [3.05, 3.63) is 42.5 Å². The Labute approximate surface area is 84.8 Å². The van der Waals surface area contributed by atoms with Crippen molar-refractivity contribution >= 4 is 0 Å². The van der Waals surface area contributed by atoms with Crippen LogP contribution in [0.2, 0.25) is 0 Å². The van der Waals surface area contributed by atoms with E-state index in [2.05, 4.69) is 19.6 Å². The molecule has 0 amide bonds. The van der Waals surface area contributed by atoms with Crippen LogP contribution >= 0.6 is 0 Å². The SMILES string of the molecule is C=CC(CO)Oc1cccc(CC)c1. The largest absolute Gasteiger partial charge is 0.484 e. The molecule has 1 N–H and O–H groups in total. The van der Waals surface area contributed by atoms with Crippen LogP contribution in [-0.2, 0) is 6.42 Å². The zero-order valence-corrected chi connectivity index (χ0v) is 8.44. The fraction of sp³-hybridized carbons (Fsp3) is 0.333. The summed E-state index contributed by atoms with van der Waals surface area (Å²) in [5, 5.41) is 8.92. The van der Waals surface area contributed by atoms with Crippen LogP contribution < -0.4 is 4.74 Å². The zero-order valence-electron chi connectivity index (χ0n) is 8.44. The van der Waals surface area contributed by atoms with Crippen molar-refractivity contribution < 1.29 is 9.84 Å². The first-order chi connectivity index (χ1) is 6.80. The predicted octanol–water partition coefficient (Wildman–Crippen LogP) is 2.17. The summed E-state index contributed by atoms with van der Waals surface area (Å²) in [7, 11) is 0. The molecule has 2 heteroatoms. The van der Waals surface area contributed by atoms with Gasteiger partial charge in [-0.15, -0.1) is 0 Å². The van der Waals surface area contributed by atoms with Gasteiger partial charge in [-0.25, -0.2) is 0 Å². The van der Waals surface area contributed by atoms with E-state index in [9.17, 15) is 0 Å². The zero-order chi connectivity index (χ0) is 10.4. The number of aliphatic hydroxyl groups is 1. The summed E-state index contributed by atoms with van der Waals surface area (Å²) in [5.74, 6) is 0.781. The minimum absolute atomic E-state index is 0.0418. The Morgan fingerprint density at radius 1 is 1.57 bits per heavy atom. The second-order valence-electron chi connectivity index (χ2n) is 3.08. The maximum atomic E-state index is 8.92. The molecule has 0 aliphatic rings. The Morgan fingerprint density at radius 2 is 2.36 bits per heavy atom. The molecule has 0 aliphatic carbocycles. The van der Waals surface area contributed by atoms with Crippen LogP contribution in [0, 0.1) is 0 Å². The van der Waals surface area contributed by atoms with Crippen molar-refractivity contribution in [2.24, 2.45) is 0 Å². The maximum Gasteiger partial charge on any atom is 0.140 e. The molecule has 2 nitrogen and oxygen atoms in total. The number of hydrogen-bond acceptors (Lipinski definition) is 2. The van der Waals surface area contributed by atoms with Gasteiger partial charge < -0.3 is 9.84 Å². The summed E-state index contributed by atoms with van der Waals surface area (Å²) >= 11 is 0. The van der Waals surface area contributed by atoms with Crippen LogP contribution in [0.5, 0.6) is 5.75 Å². The van der Waals surface area contributed by atoms with Crippen LogP contribution in [-0.4, -0.2) is 17.8 Å². The maximum absolute atomic E-state index is 8.92. The third-order valence-corrected chi connectivity index (χ3v) is 2.04. The lowest BCUT2D eigenvalue weighted by Crippen LogP contribution is -2.17. The summed E-state index contributed by atoms with van der Waals surface area (Å²) < 4.78 is 5.49. The molecule has 1 atom stereocenters. The number of benzene rings is 1. The van der Waals surface area contributed by atoms with Gasteiger partial charge in [0.1, 0.15) is 11.9 Å². The average Bonchev–Trinajstić information content (AvgIpc) is 2.26. The fourth-order valence-corrected chi connectivity index (χ4v) is 1.17. The molecule has 0 aliphatic heterocycles. The van der Waals surface area contributed by atoms with E-state index in [0.29, 0.717) is 0 Å². The van der Waals surface area contributed by atoms with Gasteiger partial charge in [0.2, 0.25) is 0 Å². The number of rotatable bonds is 5. The summed E-state index contributed by atoms with van der Waals surface area (Å²) in [6.45, 7) is 5.64. The van der Waals surface area contributed by atoms with Crippen LogP contribution in [0.4, 0.5) is 0 Å². The molecule has 14 heavy (non-hydrogen) atoms. The van der Waals surface area contributed by atoms with Crippen LogP contribution in [0.25, 0.3) is 0 Å². The lowest BCUT2D eigenvalue weighted by molar-refractivity contribution is 0.150. The molecular weight excluding hydrogens is 176 g/mol. The molecule has 0 heterocycles. The van der Waals surface area contributed by atoms with E-state index in [0.717, 1.165) is 12.2 Å². The minimum Gasteiger partial charge on any atom is -0.484 e. The van der Waals surface area contributed by atoms with Crippen molar-refractivity contribution in [2.45, 2.75) is 19.4 Å². The van der Waals surface area contributed by atoms with Crippen LogP contribution in [0.3, 0.4) is 0 Å². The first-order valence-electron chi connectivity index (χ1n) is 4.79. The number of ether oxygens (including phenoxy) is 1. The van der Waals surface area contributed by atoms with Crippen molar-refractivity contribution in [1.29, 1.82) is 0 Å². The Hall–Kier alpha value is -1.28. The van der Waals surface area contributed by atoms with E-state index in [1.54, 1.807) is 6.08 Å². The molecule has 0 fully saturated rings. The van der Waals surface area contributed by atoms with E-state index in [1.165, 1.54) is 5.56 Å². The lowest BCUT2D eigenvalue weighted by atomic mass is 10.2. The second-order valence-corrected chi connectivity index (χ2v) is 3.08. The van der Waals surface area contributed by atoms with Gasteiger partial charge in [0.05, 0.1) is 6.61 Å². The Balaban J connectivity index is 2.70. The van der Waals surface area contributed by atoms with Crippen molar-refractivity contribution in [3.63, 3.8) is 0 Å². The van der Waals surface area contributed by atoms with Crippen LogP contribution in [0.1, 0.15) is 12.5 Å². The van der Waals surface area contributed by atoms with E-state index >= 15 is 0 Å². The van der Waals surface area contributed by atoms with Gasteiger partial charge in [0.15, 0.2) is 0 Å². The molecule has 0 saturated carbocycles. The highest BCUT2D eigenvalue weighted by atomic mass is 16.5. The third kappa shape index (κ3) is 2.89. The topological polar surface area (TPSA) is 29.5 Å². The molecule has 1 aromatic carbocycles. The van der Waals surface area contributed by atoms with Gasteiger partial charge >= 0.3 is 0 Å². The Bertz CT molecular complexity index is 294. The van der Waals surface area contributed by atoms with E-state index in [4.69, 9.17) is 9.84 Å². The molecule has 1 rings (SSSR count). The fourth-order valence-electron chi connectivity index (χ4n) is 1.17. The highest BCUT2D eigenvalue weighted by molar-refractivity contribution is 5.28. The minimum atomic E-state index is -0.317. The summed E-state index contributed by atoms with van der Waals surface area (Å²) in [4.78, 5) is 0. The van der Waals surface area contributed by atoms with Gasteiger partial charge in [-0.2, -0.15) is 0 Å². The third-order valence-electron chi connectivity index (χ3n) is 2.04. The Morgan fingerprint density at radius 3 is 2.93 bits per heavy atom. The van der Waals surface area contributed by atoms with Gasteiger partial charge in [0.25, 0.3) is 0 Å². The number of aliphatic hydroxyl groups excluding tert-OH is 1. The molecule has 0 bridgehead atoms. The molecule has 1 aromatic rings. The normalized spacial score (nSPS) is 12.1. The lowest BCUT2D eigenvalue weighted by Gasteiger charge is -2.13. The van der Waals surface area contributed by atoms with Gasteiger partial charge in [-0.3, -0.25) is 0 Å². The number of hydrogen-bond donors (Lipinski definition) is 1. The summed E-state index contributed by atoms with van der Waals surface area (Å²) in [5.41, 5.74) is 1.23. The van der Waals surface area contributed by atoms with Crippen molar-refractivity contribution in [2.75, 3.05) is 6.61 Å². The highest BCUT2D eigenvalue weighted by Gasteiger charge is 2.03. The second kappa shape index (κ2) is 5.45. The van der Waals surface area contributed by atoms with E-state index in [1.807, 2.05) is 18.2 Å². The first-order valence-corrected chi connectivity index (χ1v) is 4.79. The standard InChI is InChI=1S/C12H16O2/c1-3-10-6-5-7-12(8-10)14-11(4-2)9-13/h4-8,11,13H,2-3,9H2,1H3. The van der Waals surface area contributed by atoms with Gasteiger partial charge in [-0.05, 0) is 30.2 Å². The van der Waals surface area contributed by atoms with E-state index < -0.39 is 0 Å². The molecular formula is C12H16O2. The molecule has 0 radical (unpaired) electrons. The van der Waals surface area contributed by atoms with Crippen molar-refractivity contribution in [1.82, 2.24) is 0 Å². The highest BCUT2D eigenvalue weighted by Crippen LogP contribution is 2.15. The van der Waals surface area contributed by atoms with Gasteiger partial charge in [-0.1, -0.05) is 25.6 Å². The Kier molecular flexibility index (Phi) is 4.20. The summed E-state index contributed by atoms with van der Waals surface area (Å²) in [6, 6.07) is 7.86. The molecule has 0 spiro atoms.